The van der Waals surface area contributed by atoms with E-state index >= 15 is 0 Å². The van der Waals surface area contributed by atoms with Crippen molar-refractivity contribution in [2.75, 3.05) is 39.8 Å². The molecule has 30 heavy (non-hydrogen) atoms. The Labute approximate surface area is 179 Å². The number of carbonyl (C=O) groups is 3. The number of likely N-dealkylation sites (N-methyl/N-ethyl adjacent to an activating group) is 1. The lowest BCUT2D eigenvalue weighted by Crippen LogP contribution is -2.49. The minimum Gasteiger partial charge on any atom is -0.350 e. The van der Waals surface area contributed by atoms with Gasteiger partial charge in [0.25, 0.3) is 0 Å². The number of nitrogens with zero attached hydrogens (tertiary/aromatic N) is 3. The summed E-state index contributed by atoms with van der Waals surface area (Å²) in [5, 5.41) is 2.40. The van der Waals surface area contributed by atoms with Crippen molar-refractivity contribution < 1.29 is 14.4 Å². The van der Waals surface area contributed by atoms with E-state index < -0.39 is 0 Å². The zero-order valence-electron chi connectivity index (χ0n) is 18.5. The molecule has 1 aliphatic rings. The van der Waals surface area contributed by atoms with Crippen molar-refractivity contribution in [3.05, 3.63) is 47.5 Å². The highest BCUT2D eigenvalue weighted by molar-refractivity contribution is 5.93. The molecule has 0 unspecified atom stereocenters. The minimum atomic E-state index is -0.214. The van der Waals surface area contributed by atoms with Gasteiger partial charge in [0.15, 0.2) is 0 Å². The van der Waals surface area contributed by atoms with Gasteiger partial charge in [0.2, 0.25) is 18.2 Å². The maximum Gasteiger partial charge on any atom is 0.249 e. The van der Waals surface area contributed by atoms with Crippen LogP contribution in [-0.4, -0.2) is 78.7 Å². The van der Waals surface area contributed by atoms with Gasteiger partial charge < -0.3 is 15.1 Å². The van der Waals surface area contributed by atoms with E-state index in [2.05, 4.69) is 22.3 Å². The molecule has 2 rings (SSSR count). The molecule has 3 amide bonds. The van der Waals surface area contributed by atoms with E-state index in [1.165, 1.54) is 5.56 Å². The van der Waals surface area contributed by atoms with Crippen LogP contribution in [0.3, 0.4) is 0 Å². The molecule has 0 radical (unpaired) electrons. The monoisotopic (exact) mass is 414 g/mol. The largest absolute Gasteiger partial charge is 0.350 e. The fourth-order valence-electron chi connectivity index (χ4n) is 3.70. The van der Waals surface area contributed by atoms with Gasteiger partial charge in [0.05, 0.1) is 12.6 Å². The summed E-state index contributed by atoms with van der Waals surface area (Å²) in [4.78, 5) is 41.5. The number of amides is 3. The molecule has 0 aromatic heterocycles. The smallest absolute Gasteiger partial charge is 0.249 e. The fraction of sp³-hybridized carbons (Fsp3) is 0.522. The average molecular weight is 415 g/mol. The van der Waals surface area contributed by atoms with Gasteiger partial charge in [0.1, 0.15) is 0 Å². The average Bonchev–Trinajstić information content (AvgIpc) is 2.75. The first kappa shape index (κ1) is 23.6. The Morgan fingerprint density at radius 1 is 1.13 bits per heavy atom. The second-order valence-corrected chi connectivity index (χ2v) is 8.14. The Hall–Kier alpha value is -2.67. The lowest BCUT2D eigenvalue weighted by molar-refractivity contribution is -0.132. The molecule has 1 heterocycles. The zero-order chi connectivity index (χ0) is 22.1. The highest BCUT2D eigenvalue weighted by atomic mass is 16.2. The molecule has 1 saturated heterocycles. The predicted molar refractivity (Wildman–Crippen MR) is 118 cm³/mol. The first-order valence-corrected chi connectivity index (χ1v) is 10.5. The highest BCUT2D eigenvalue weighted by Gasteiger charge is 2.25. The zero-order valence-corrected chi connectivity index (χ0v) is 18.5. The second-order valence-electron chi connectivity index (χ2n) is 8.14. The SMILES string of the molecule is CC(=C[C@H](C(C)C)N(C)C(=O)CNC=O)C(=O)N1CCN(Cc2ccccc2)CC1. The molecule has 0 saturated carbocycles. The summed E-state index contributed by atoms with van der Waals surface area (Å²) in [6.45, 7) is 9.77. The molecular weight excluding hydrogens is 380 g/mol. The van der Waals surface area contributed by atoms with Crippen LogP contribution in [0, 0.1) is 5.92 Å². The molecule has 164 valence electrons. The second kappa shape index (κ2) is 11.5. The van der Waals surface area contributed by atoms with Crippen LogP contribution in [0.4, 0.5) is 0 Å². The van der Waals surface area contributed by atoms with Crippen molar-refractivity contribution in [1.82, 2.24) is 20.0 Å². The number of benzene rings is 1. The van der Waals surface area contributed by atoms with Gasteiger partial charge in [0, 0.05) is 45.3 Å². The topological polar surface area (TPSA) is 73.0 Å². The Morgan fingerprint density at radius 2 is 1.77 bits per heavy atom. The van der Waals surface area contributed by atoms with Crippen LogP contribution >= 0.6 is 0 Å². The van der Waals surface area contributed by atoms with Crippen molar-refractivity contribution >= 4 is 18.2 Å². The Bertz CT molecular complexity index is 740. The van der Waals surface area contributed by atoms with E-state index in [-0.39, 0.29) is 30.3 Å². The first-order valence-electron chi connectivity index (χ1n) is 10.5. The molecular formula is C23H34N4O3. The van der Waals surface area contributed by atoms with Gasteiger partial charge in [-0.1, -0.05) is 50.3 Å². The normalized spacial score (nSPS) is 16.3. The molecule has 0 spiro atoms. The maximum atomic E-state index is 13.0. The third-order valence-electron chi connectivity index (χ3n) is 5.53. The molecule has 1 atom stereocenters. The molecule has 7 nitrogen and oxygen atoms in total. The summed E-state index contributed by atoms with van der Waals surface area (Å²) < 4.78 is 0. The van der Waals surface area contributed by atoms with Crippen molar-refractivity contribution in [2.45, 2.75) is 33.4 Å². The number of hydrogen-bond acceptors (Lipinski definition) is 4. The van der Waals surface area contributed by atoms with E-state index in [0.29, 0.717) is 25.1 Å². The van der Waals surface area contributed by atoms with Crippen LogP contribution in [0.15, 0.2) is 42.0 Å². The third-order valence-corrected chi connectivity index (χ3v) is 5.53. The number of hydrogen-bond donors (Lipinski definition) is 1. The van der Waals surface area contributed by atoms with Crippen molar-refractivity contribution in [3.8, 4) is 0 Å². The number of piperazine rings is 1. The Balaban J connectivity index is 1.95. The summed E-state index contributed by atoms with van der Waals surface area (Å²) >= 11 is 0. The van der Waals surface area contributed by atoms with Gasteiger partial charge in [-0.25, -0.2) is 0 Å². The number of nitrogens with one attached hydrogen (secondary N) is 1. The predicted octanol–water partition coefficient (Wildman–Crippen LogP) is 1.51. The molecule has 1 N–H and O–H groups in total. The third kappa shape index (κ3) is 6.69. The maximum absolute atomic E-state index is 13.0. The van der Waals surface area contributed by atoms with Crippen LogP contribution in [0.25, 0.3) is 0 Å². The Kier molecular flexibility index (Phi) is 9.05. The summed E-state index contributed by atoms with van der Waals surface area (Å²) in [7, 11) is 1.70. The highest BCUT2D eigenvalue weighted by Crippen LogP contribution is 2.16. The van der Waals surface area contributed by atoms with Crippen LogP contribution in [0.2, 0.25) is 0 Å². The van der Waals surface area contributed by atoms with Gasteiger partial charge in [-0.3, -0.25) is 19.3 Å². The molecule has 1 aliphatic heterocycles. The Morgan fingerprint density at radius 3 is 2.33 bits per heavy atom. The molecule has 1 fully saturated rings. The standard InChI is InChI=1S/C23H34N4O3/c1-18(2)21(25(4)22(29)15-24-17-28)14-19(3)23(30)27-12-10-26(11-13-27)16-20-8-6-5-7-9-20/h5-9,14,17-18,21H,10-13,15-16H2,1-4H3,(H,24,28)/t21-/m1/s1. The quantitative estimate of drug-likeness (QED) is 0.491. The summed E-state index contributed by atoms with van der Waals surface area (Å²) in [5.41, 5.74) is 1.93. The van der Waals surface area contributed by atoms with Crippen LogP contribution in [0.1, 0.15) is 26.3 Å². The lowest BCUT2D eigenvalue weighted by Gasteiger charge is -2.35. The van der Waals surface area contributed by atoms with E-state index in [4.69, 9.17) is 0 Å². The van der Waals surface area contributed by atoms with E-state index in [0.717, 1.165) is 19.6 Å². The van der Waals surface area contributed by atoms with Crippen molar-refractivity contribution in [1.29, 1.82) is 0 Å². The van der Waals surface area contributed by atoms with E-state index in [1.807, 2.05) is 49.9 Å². The minimum absolute atomic E-state index is 0.0203. The molecule has 0 aliphatic carbocycles. The summed E-state index contributed by atoms with van der Waals surface area (Å²) in [6, 6.07) is 10.1. The molecule has 1 aromatic rings. The van der Waals surface area contributed by atoms with Crippen LogP contribution in [-0.2, 0) is 20.9 Å². The molecule has 7 heteroatoms. The fourth-order valence-corrected chi connectivity index (χ4v) is 3.70. The van der Waals surface area contributed by atoms with Crippen molar-refractivity contribution in [3.63, 3.8) is 0 Å². The lowest BCUT2D eigenvalue weighted by atomic mass is 9.99. The van der Waals surface area contributed by atoms with Gasteiger partial charge in [-0.2, -0.15) is 0 Å². The van der Waals surface area contributed by atoms with E-state index in [1.54, 1.807) is 11.9 Å². The van der Waals surface area contributed by atoms with Gasteiger partial charge >= 0.3 is 0 Å². The van der Waals surface area contributed by atoms with Crippen LogP contribution < -0.4 is 5.32 Å². The van der Waals surface area contributed by atoms with Gasteiger partial charge in [-0.05, 0) is 18.4 Å². The molecule has 0 bridgehead atoms. The summed E-state index contributed by atoms with van der Waals surface area (Å²) in [5.74, 6) is -0.0284. The number of carbonyl (C=O) groups excluding carboxylic acids is 3. The van der Waals surface area contributed by atoms with Crippen LogP contribution in [0.5, 0.6) is 0 Å². The molecule has 1 aromatic carbocycles. The van der Waals surface area contributed by atoms with Crippen molar-refractivity contribution in [2.24, 2.45) is 5.92 Å². The summed E-state index contributed by atoms with van der Waals surface area (Å²) in [6.07, 6.45) is 2.39. The van der Waals surface area contributed by atoms with E-state index in [9.17, 15) is 14.4 Å². The first-order chi connectivity index (χ1) is 14.3. The van der Waals surface area contributed by atoms with Gasteiger partial charge in [-0.15, -0.1) is 0 Å². The number of rotatable bonds is 9.